The molecule has 1 aromatic rings. The lowest BCUT2D eigenvalue weighted by Crippen LogP contribution is -2.29. The molecular weight excluding hydrogens is 194 g/mol. The van der Waals surface area contributed by atoms with Crippen molar-refractivity contribution in [3.63, 3.8) is 0 Å². The van der Waals surface area contributed by atoms with E-state index in [1.807, 2.05) is 0 Å². The molecule has 78 valence electrons. The van der Waals surface area contributed by atoms with Crippen LogP contribution >= 0.6 is 11.3 Å². The van der Waals surface area contributed by atoms with Crippen LogP contribution in [0.3, 0.4) is 0 Å². The van der Waals surface area contributed by atoms with Crippen molar-refractivity contribution in [1.29, 1.82) is 0 Å². The van der Waals surface area contributed by atoms with Crippen LogP contribution in [0.4, 0.5) is 5.13 Å². The topological polar surface area (TPSA) is 64.9 Å². The van der Waals surface area contributed by atoms with Crippen LogP contribution in [-0.2, 0) is 6.42 Å². The Labute approximate surface area is 88.5 Å². The molecule has 0 radical (unpaired) electrons. The molecule has 3 nitrogen and oxygen atoms in total. The van der Waals surface area contributed by atoms with E-state index in [2.05, 4.69) is 11.9 Å². The van der Waals surface area contributed by atoms with Crippen LogP contribution in [0.2, 0.25) is 0 Å². The molecule has 0 saturated carbocycles. The molecule has 0 aromatic carbocycles. The Kier molecular flexibility index (Phi) is 2.74. The summed E-state index contributed by atoms with van der Waals surface area (Å²) in [6.07, 6.45) is 4.41. The number of anilines is 1. The first-order chi connectivity index (χ1) is 6.70. The second-order valence-electron chi connectivity index (χ2n) is 4.05. The summed E-state index contributed by atoms with van der Waals surface area (Å²) in [5, 5.41) is 0.699. The van der Waals surface area contributed by atoms with Gasteiger partial charge in [0.1, 0.15) is 0 Å². The van der Waals surface area contributed by atoms with Crippen molar-refractivity contribution in [1.82, 2.24) is 4.98 Å². The number of nitrogens with zero attached hydrogens (tertiary/aromatic N) is 1. The maximum Gasteiger partial charge on any atom is 0.180 e. The van der Waals surface area contributed by atoms with Crippen LogP contribution in [0.15, 0.2) is 0 Å². The first kappa shape index (κ1) is 9.93. The summed E-state index contributed by atoms with van der Waals surface area (Å²) >= 11 is 1.61. The van der Waals surface area contributed by atoms with Crippen LogP contribution in [0, 0.1) is 0 Å². The molecule has 2 atom stereocenters. The Morgan fingerprint density at radius 2 is 2.36 bits per heavy atom. The third-order valence-electron chi connectivity index (χ3n) is 2.80. The van der Waals surface area contributed by atoms with Gasteiger partial charge in [0.15, 0.2) is 5.13 Å². The first-order valence-electron chi connectivity index (χ1n) is 5.21. The molecule has 0 amide bonds. The second kappa shape index (κ2) is 3.87. The fraction of sp³-hybridized carbons (Fsp3) is 0.700. The molecule has 1 heterocycles. The molecule has 0 fully saturated rings. The maximum atomic E-state index is 6.02. The first-order valence-corrected chi connectivity index (χ1v) is 6.03. The van der Waals surface area contributed by atoms with E-state index in [1.54, 1.807) is 11.3 Å². The normalized spacial score (nSPS) is 26.1. The summed E-state index contributed by atoms with van der Waals surface area (Å²) in [5.41, 5.74) is 13.0. The number of nitrogens with two attached hydrogens (primary N) is 2. The highest BCUT2D eigenvalue weighted by Gasteiger charge is 2.27. The van der Waals surface area contributed by atoms with Gasteiger partial charge in [-0.15, -0.1) is 11.3 Å². The molecule has 2 rings (SSSR count). The Bertz CT molecular complexity index is 321. The second-order valence-corrected chi connectivity index (χ2v) is 5.16. The van der Waals surface area contributed by atoms with E-state index in [4.69, 9.17) is 11.5 Å². The van der Waals surface area contributed by atoms with Crippen LogP contribution in [-0.4, -0.2) is 11.0 Å². The van der Waals surface area contributed by atoms with E-state index in [0.29, 0.717) is 17.1 Å². The standard InChI is InChI=1S/C10H17N3S/c1-2-3-6-4-7(11)5-8-9(6)13-10(12)14-8/h6-7H,2-5,11H2,1H3,(H2,12,13). The average molecular weight is 211 g/mol. The van der Waals surface area contributed by atoms with Crippen molar-refractivity contribution in [3.05, 3.63) is 10.6 Å². The number of hydrogen-bond acceptors (Lipinski definition) is 4. The molecule has 1 aliphatic carbocycles. The quantitative estimate of drug-likeness (QED) is 0.785. The van der Waals surface area contributed by atoms with Crippen molar-refractivity contribution in [2.24, 2.45) is 5.73 Å². The van der Waals surface area contributed by atoms with Crippen LogP contribution in [0.1, 0.15) is 42.7 Å². The number of nitrogen functional groups attached to an aromatic ring is 1. The van der Waals surface area contributed by atoms with Gasteiger partial charge in [0.2, 0.25) is 0 Å². The zero-order chi connectivity index (χ0) is 10.1. The molecule has 0 aliphatic heterocycles. The summed E-state index contributed by atoms with van der Waals surface area (Å²) in [6, 6.07) is 0.305. The predicted molar refractivity (Wildman–Crippen MR) is 60.5 cm³/mol. The van der Waals surface area contributed by atoms with Crippen molar-refractivity contribution < 1.29 is 0 Å². The van der Waals surface area contributed by atoms with Gasteiger partial charge < -0.3 is 11.5 Å². The van der Waals surface area contributed by atoms with E-state index < -0.39 is 0 Å². The molecule has 0 bridgehead atoms. The summed E-state index contributed by atoms with van der Waals surface area (Å²) in [4.78, 5) is 5.75. The van der Waals surface area contributed by atoms with Gasteiger partial charge in [-0.1, -0.05) is 13.3 Å². The van der Waals surface area contributed by atoms with Crippen LogP contribution in [0.5, 0.6) is 0 Å². The highest BCUT2D eigenvalue weighted by Crippen LogP contribution is 2.37. The van der Waals surface area contributed by atoms with Gasteiger partial charge in [0, 0.05) is 16.8 Å². The molecular formula is C10H17N3S. The van der Waals surface area contributed by atoms with Crippen molar-refractivity contribution >= 4 is 16.5 Å². The fourth-order valence-electron chi connectivity index (χ4n) is 2.25. The van der Waals surface area contributed by atoms with Crippen molar-refractivity contribution in [2.45, 2.75) is 44.6 Å². The largest absolute Gasteiger partial charge is 0.375 e. The summed E-state index contributed by atoms with van der Waals surface area (Å²) in [7, 11) is 0. The van der Waals surface area contributed by atoms with Crippen molar-refractivity contribution in [2.75, 3.05) is 5.73 Å². The predicted octanol–water partition coefficient (Wildman–Crippen LogP) is 1.88. The van der Waals surface area contributed by atoms with Gasteiger partial charge in [0.25, 0.3) is 0 Å². The molecule has 4 N–H and O–H groups in total. The van der Waals surface area contributed by atoms with Gasteiger partial charge in [-0.25, -0.2) is 4.98 Å². The zero-order valence-electron chi connectivity index (χ0n) is 8.49. The fourth-order valence-corrected chi connectivity index (χ4v) is 3.26. The Hall–Kier alpha value is -0.610. The van der Waals surface area contributed by atoms with Gasteiger partial charge >= 0.3 is 0 Å². The summed E-state index contributed by atoms with van der Waals surface area (Å²) in [5.74, 6) is 0.548. The lowest BCUT2D eigenvalue weighted by atomic mass is 9.85. The van der Waals surface area contributed by atoms with Crippen molar-refractivity contribution in [3.8, 4) is 0 Å². The lowest BCUT2D eigenvalue weighted by Gasteiger charge is -2.25. The minimum Gasteiger partial charge on any atom is -0.375 e. The van der Waals surface area contributed by atoms with Gasteiger partial charge in [0.05, 0.1) is 5.69 Å². The highest BCUT2D eigenvalue weighted by molar-refractivity contribution is 7.15. The minimum absolute atomic E-state index is 0.305. The Balaban J connectivity index is 2.28. The molecule has 0 saturated heterocycles. The number of thiazole rings is 1. The minimum atomic E-state index is 0.305. The Morgan fingerprint density at radius 3 is 3.07 bits per heavy atom. The molecule has 2 unspecified atom stereocenters. The molecule has 4 heteroatoms. The smallest absolute Gasteiger partial charge is 0.180 e. The molecule has 14 heavy (non-hydrogen) atoms. The molecule has 0 spiro atoms. The van der Waals surface area contributed by atoms with Crippen LogP contribution in [0.25, 0.3) is 0 Å². The zero-order valence-corrected chi connectivity index (χ0v) is 9.31. The monoisotopic (exact) mass is 211 g/mol. The SMILES string of the molecule is CCCC1CC(N)Cc2sc(N)nc21. The third-order valence-corrected chi connectivity index (χ3v) is 3.73. The van der Waals surface area contributed by atoms with E-state index in [9.17, 15) is 0 Å². The van der Waals surface area contributed by atoms with Gasteiger partial charge in [-0.05, 0) is 19.3 Å². The number of aromatic nitrogens is 1. The van der Waals surface area contributed by atoms with E-state index >= 15 is 0 Å². The van der Waals surface area contributed by atoms with Crippen LogP contribution < -0.4 is 11.5 Å². The maximum absolute atomic E-state index is 6.02. The van der Waals surface area contributed by atoms with E-state index in [1.165, 1.54) is 23.4 Å². The van der Waals surface area contributed by atoms with E-state index in [-0.39, 0.29) is 0 Å². The number of fused-ring (bicyclic) bond motifs is 1. The molecule has 1 aromatic heterocycles. The number of rotatable bonds is 2. The number of hydrogen-bond donors (Lipinski definition) is 2. The third kappa shape index (κ3) is 1.77. The lowest BCUT2D eigenvalue weighted by molar-refractivity contribution is 0.459. The Morgan fingerprint density at radius 1 is 1.57 bits per heavy atom. The molecule has 1 aliphatic rings. The highest BCUT2D eigenvalue weighted by atomic mass is 32.1. The average Bonchev–Trinajstić information content (AvgIpc) is 2.45. The van der Waals surface area contributed by atoms with Gasteiger partial charge in [-0.2, -0.15) is 0 Å². The summed E-state index contributed by atoms with van der Waals surface area (Å²) in [6.45, 7) is 2.20. The van der Waals surface area contributed by atoms with E-state index in [0.717, 1.165) is 12.8 Å². The van der Waals surface area contributed by atoms with Gasteiger partial charge in [-0.3, -0.25) is 0 Å². The summed E-state index contributed by atoms with van der Waals surface area (Å²) < 4.78 is 0.